The van der Waals surface area contributed by atoms with Gasteiger partial charge < -0.3 is 5.11 Å². The molecule has 1 atom stereocenters. The lowest BCUT2D eigenvalue weighted by atomic mass is 9.81. The van der Waals surface area contributed by atoms with E-state index in [1.807, 2.05) is 79.7 Å². The zero-order chi connectivity index (χ0) is 15.8. The van der Waals surface area contributed by atoms with Gasteiger partial charge >= 0.3 is 5.97 Å². The van der Waals surface area contributed by atoms with Crippen molar-refractivity contribution >= 4 is 12.0 Å². The summed E-state index contributed by atoms with van der Waals surface area (Å²) in [5.74, 6) is -0.735. The Kier molecular flexibility index (Phi) is 5.54. The van der Waals surface area contributed by atoms with Crippen molar-refractivity contribution in [2.45, 2.75) is 26.2 Å². The smallest absolute Gasteiger partial charge is 0.309 e. The Morgan fingerprint density at radius 1 is 1.05 bits per heavy atom. The van der Waals surface area contributed by atoms with Crippen LogP contribution in [0.25, 0.3) is 6.08 Å². The number of allylic oxidation sites excluding steroid dienone is 1. The molecule has 2 heteroatoms. The summed E-state index contributed by atoms with van der Waals surface area (Å²) in [6, 6.07) is 20.0. The predicted molar refractivity (Wildman–Crippen MR) is 90.6 cm³/mol. The van der Waals surface area contributed by atoms with E-state index in [2.05, 4.69) is 0 Å². The molecule has 22 heavy (non-hydrogen) atoms. The van der Waals surface area contributed by atoms with E-state index >= 15 is 0 Å². The van der Waals surface area contributed by atoms with E-state index in [1.165, 1.54) is 5.56 Å². The molecule has 2 rings (SSSR count). The Morgan fingerprint density at radius 3 is 2.23 bits per heavy atom. The van der Waals surface area contributed by atoms with Crippen LogP contribution in [0.3, 0.4) is 0 Å². The third kappa shape index (κ3) is 4.59. The van der Waals surface area contributed by atoms with Gasteiger partial charge in [-0.15, -0.1) is 0 Å². The van der Waals surface area contributed by atoms with E-state index in [-0.39, 0.29) is 0 Å². The molecule has 2 nitrogen and oxygen atoms in total. The highest BCUT2D eigenvalue weighted by molar-refractivity contribution is 5.74. The number of aliphatic carboxylic acids is 1. The minimum Gasteiger partial charge on any atom is -0.481 e. The largest absolute Gasteiger partial charge is 0.481 e. The molecule has 114 valence electrons. The lowest BCUT2D eigenvalue weighted by Crippen LogP contribution is -2.27. The normalized spacial score (nSPS) is 13.9. The van der Waals surface area contributed by atoms with Gasteiger partial charge in [0.15, 0.2) is 0 Å². The number of hydrogen-bond donors (Lipinski definition) is 1. The van der Waals surface area contributed by atoms with Crippen LogP contribution in [0, 0.1) is 5.41 Å². The van der Waals surface area contributed by atoms with E-state index in [1.54, 1.807) is 0 Å². The topological polar surface area (TPSA) is 37.3 Å². The zero-order valence-corrected chi connectivity index (χ0v) is 12.9. The Morgan fingerprint density at radius 2 is 1.64 bits per heavy atom. The van der Waals surface area contributed by atoms with Gasteiger partial charge in [-0.3, -0.25) is 4.79 Å². The molecule has 2 aromatic rings. The van der Waals surface area contributed by atoms with Gasteiger partial charge in [0, 0.05) is 0 Å². The number of rotatable bonds is 7. The lowest BCUT2D eigenvalue weighted by molar-refractivity contribution is -0.148. The van der Waals surface area contributed by atoms with Crippen molar-refractivity contribution in [3.05, 3.63) is 77.9 Å². The molecule has 0 amide bonds. The first-order valence-electron chi connectivity index (χ1n) is 7.59. The van der Waals surface area contributed by atoms with Crippen LogP contribution in [0.2, 0.25) is 0 Å². The maximum absolute atomic E-state index is 11.7. The molecule has 0 saturated heterocycles. The Bertz CT molecular complexity index is 617. The Balaban J connectivity index is 1.99. The number of carboxylic acid groups (broad SMARTS) is 1. The highest BCUT2D eigenvalue weighted by Gasteiger charge is 2.31. The average molecular weight is 294 g/mol. The summed E-state index contributed by atoms with van der Waals surface area (Å²) in [5, 5.41) is 9.57. The Labute approximate surface area is 132 Å². The monoisotopic (exact) mass is 294 g/mol. The van der Waals surface area contributed by atoms with Crippen LogP contribution in [0.1, 0.15) is 30.9 Å². The van der Waals surface area contributed by atoms with Crippen LogP contribution in [-0.4, -0.2) is 11.1 Å². The highest BCUT2D eigenvalue weighted by atomic mass is 16.4. The molecule has 0 fully saturated rings. The van der Waals surface area contributed by atoms with Gasteiger partial charge in [0.25, 0.3) is 0 Å². The minimum atomic E-state index is -0.735. The third-order valence-corrected chi connectivity index (χ3v) is 4.00. The first-order valence-corrected chi connectivity index (χ1v) is 7.59. The van der Waals surface area contributed by atoms with Crippen molar-refractivity contribution in [3.8, 4) is 0 Å². The van der Waals surface area contributed by atoms with Crippen LogP contribution in [0.5, 0.6) is 0 Å². The van der Waals surface area contributed by atoms with Crippen LogP contribution < -0.4 is 0 Å². The molecular formula is C20H22O2. The molecule has 1 unspecified atom stereocenters. The number of aryl methyl sites for hydroxylation is 1. The second kappa shape index (κ2) is 7.60. The van der Waals surface area contributed by atoms with Crippen molar-refractivity contribution in [3.63, 3.8) is 0 Å². The van der Waals surface area contributed by atoms with E-state index in [0.29, 0.717) is 12.8 Å². The standard InChI is InChI=1S/C20H22O2/c1-20(19(21)22,16-14-18-11-6-3-7-12-18)15-8-13-17-9-4-2-5-10-17/h2-13H,14-16H2,1H3,(H,21,22). The van der Waals surface area contributed by atoms with Crippen molar-refractivity contribution in [1.29, 1.82) is 0 Å². The van der Waals surface area contributed by atoms with Gasteiger partial charge in [0.05, 0.1) is 5.41 Å². The summed E-state index contributed by atoms with van der Waals surface area (Å²) < 4.78 is 0. The molecule has 0 saturated carbocycles. The maximum Gasteiger partial charge on any atom is 0.309 e. The van der Waals surface area contributed by atoms with Crippen molar-refractivity contribution in [2.24, 2.45) is 5.41 Å². The number of benzene rings is 2. The van der Waals surface area contributed by atoms with E-state index in [9.17, 15) is 9.90 Å². The Hall–Kier alpha value is -2.35. The second-order valence-corrected chi connectivity index (χ2v) is 5.87. The molecule has 0 aliphatic rings. The molecule has 0 bridgehead atoms. The van der Waals surface area contributed by atoms with E-state index < -0.39 is 11.4 Å². The van der Waals surface area contributed by atoms with Crippen LogP contribution in [0.4, 0.5) is 0 Å². The van der Waals surface area contributed by atoms with Crippen LogP contribution in [0.15, 0.2) is 66.7 Å². The molecule has 0 aliphatic heterocycles. The molecule has 0 aromatic heterocycles. The summed E-state index contributed by atoms with van der Waals surface area (Å²) in [5.41, 5.74) is 1.54. The molecular weight excluding hydrogens is 272 g/mol. The van der Waals surface area contributed by atoms with E-state index in [0.717, 1.165) is 12.0 Å². The molecule has 0 spiro atoms. The highest BCUT2D eigenvalue weighted by Crippen LogP contribution is 2.29. The third-order valence-electron chi connectivity index (χ3n) is 4.00. The summed E-state index contributed by atoms with van der Waals surface area (Å²) in [6.45, 7) is 1.83. The predicted octanol–water partition coefficient (Wildman–Crippen LogP) is 4.81. The van der Waals surface area contributed by atoms with Crippen molar-refractivity contribution in [2.75, 3.05) is 0 Å². The SMILES string of the molecule is CC(CC=Cc1ccccc1)(CCc1ccccc1)C(=O)O. The number of hydrogen-bond acceptors (Lipinski definition) is 1. The van der Waals surface area contributed by atoms with Crippen molar-refractivity contribution in [1.82, 2.24) is 0 Å². The molecule has 1 N–H and O–H groups in total. The number of carboxylic acids is 1. The van der Waals surface area contributed by atoms with Crippen LogP contribution in [-0.2, 0) is 11.2 Å². The zero-order valence-electron chi connectivity index (χ0n) is 12.9. The first-order chi connectivity index (χ1) is 10.6. The van der Waals surface area contributed by atoms with Crippen molar-refractivity contribution < 1.29 is 9.90 Å². The fourth-order valence-corrected chi connectivity index (χ4v) is 2.38. The van der Waals surface area contributed by atoms with Gasteiger partial charge in [-0.2, -0.15) is 0 Å². The molecule has 0 radical (unpaired) electrons. The van der Waals surface area contributed by atoms with Gasteiger partial charge in [-0.05, 0) is 37.3 Å². The van der Waals surface area contributed by atoms with Gasteiger partial charge in [-0.25, -0.2) is 0 Å². The minimum absolute atomic E-state index is 0.532. The quantitative estimate of drug-likeness (QED) is 0.795. The molecule has 2 aromatic carbocycles. The number of carbonyl (C=O) groups is 1. The first kappa shape index (κ1) is 16.0. The van der Waals surface area contributed by atoms with E-state index in [4.69, 9.17) is 0 Å². The van der Waals surface area contributed by atoms with Gasteiger partial charge in [0.2, 0.25) is 0 Å². The summed E-state index contributed by atoms with van der Waals surface area (Å²) in [6.07, 6.45) is 5.90. The maximum atomic E-state index is 11.7. The second-order valence-electron chi connectivity index (χ2n) is 5.87. The molecule has 0 aliphatic carbocycles. The van der Waals surface area contributed by atoms with Crippen LogP contribution >= 0.6 is 0 Å². The lowest BCUT2D eigenvalue weighted by Gasteiger charge is -2.23. The van der Waals surface area contributed by atoms with Gasteiger partial charge in [-0.1, -0.05) is 72.8 Å². The summed E-state index contributed by atoms with van der Waals surface area (Å²) in [7, 11) is 0. The summed E-state index contributed by atoms with van der Waals surface area (Å²) >= 11 is 0. The molecule has 0 heterocycles. The van der Waals surface area contributed by atoms with Gasteiger partial charge in [0.1, 0.15) is 0 Å². The summed E-state index contributed by atoms with van der Waals surface area (Å²) in [4.78, 5) is 11.7. The average Bonchev–Trinajstić information content (AvgIpc) is 2.55. The fraction of sp³-hybridized carbons (Fsp3) is 0.250. The fourth-order valence-electron chi connectivity index (χ4n) is 2.38.